The van der Waals surface area contributed by atoms with Crippen LogP contribution >= 0.6 is 0 Å². The van der Waals surface area contributed by atoms with E-state index in [-0.39, 0.29) is 24.0 Å². The third-order valence-electron chi connectivity index (χ3n) is 8.57. The number of likely N-dealkylation sites (N-methyl/N-ethyl adjacent to an activating group) is 1. The molecular weight excluding hydrogens is 636 g/mol. The molecule has 0 unspecified atom stereocenters. The van der Waals surface area contributed by atoms with Crippen LogP contribution in [0.1, 0.15) is 47.5 Å². The number of hydrogen-bond acceptors (Lipinski definition) is 13. The van der Waals surface area contributed by atoms with Crippen molar-refractivity contribution < 1.29 is 52.2 Å². The third-order valence-corrected chi connectivity index (χ3v) is 10.4. The van der Waals surface area contributed by atoms with Gasteiger partial charge in [0.05, 0.1) is 36.2 Å². The summed E-state index contributed by atoms with van der Waals surface area (Å²) in [6.07, 6.45) is -5.87. The minimum atomic E-state index is -4.14. The maximum Gasteiger partial charge on any atom is 0.408 e. The Morgan fingerprint density at radius 1 is 1.13 bits per heavy atom. The average molecular weight is 687 g/mol. The van der Waals surface area contributed by atoms with Crippen molar-refractivity contribution in [3.63, 3.8) is 0 Å². The number of alkyl carbamates (subject to hydrolysis) is 1. The Bertz CT molecular complexity index is 1360. The first-order valence-electron chi connectivity index (χ1n) is 15.7. The molecule has 0 aromatic heterocycles. The lowest BCUT2D eigenvalue weighted by Crippen LogP contribution is -2.68. The molecule has 0 bridgehead atoms. The molecule has 15 nitrogen and oxygen atoms in total. The van der Waals surface area contributed by atoms with Gasteiger partial charge in [-0.25, -0.2) is 13.2 Å². The number of aliphatic hydroxyl groups is 3. The molecule has 3 aliphatic rings. The lowest BCUT2D eigenvalue weighted by atomic mass is 9.80. The van der Waals surface area contributed by atoms with Crippen LogP contribution in [0, 0.1) is 5.92 Å². The highest BCUT2D eigenvalue weighted by Crippen LogP contribution is 2.36. The Balaban J connectivity index is 1.51. The van der Waals surface area contributed by atoms with Gasteiger partial charge in [0.2, 0.25) is 16.3 Å². The number of nitrogens with two attached hydrogens (primary N) is 2. The fraction of sp³-hybridized carbons (Fsp3) is 0.710. The van der Waals surface area contributed by atoms with E-state index in [2.05, 4.69) is 5.32 Å². The highest BCUT2D eigenvalue weighted by Gasteiger charge is 2.54. The third kappa shape index (κ3) is 8.62. The van der Waals surface area contributed by atoms with Crippen LogP contribution < -0.4 is 16.8 Å². The molecule has 4 rings (SSSR count). The zero-order valence-electron chi connectivity index (χ0n) is 27.7. The second-order valence-electron chi connectivity index (χ2n) is 13.7. The number of hydrogen-bond donors (Lipinski definition) is 6. The predicted molar refractivity (Wildman–Crippen MR) is 169 cm³/mol. The van der Waals surface area contributed by atoms with E-state index in [1.54, 1.807) is 45.0 Å². The SMILES string of the molecule is C[C@H]1C[C@@H](N)[C@H](O[C@H]2OC[C@](C)(O)[C@H](N(C)S(=O)(=O)c3ccccc3)[C@H]2O)[C@@H](O)[C@@H]1O[C@H]1OC(CN)=CC[C@H]1NC(=O)OC(C)(C)C. The van der Waals surface area contributed by atoms with Crippen LogP contribution in [0.5, 0.6) is 0 Å². The van der Waals surface area contributed by atoms with E-state index in [1.807, 2.05) is 6.92 Å². The standard InChI is InChI=1S/C31H50N4O11S/c1-17-14-20(33)25(22(36)24(17)44-27-21(13-12-18(15-32)43-27)34-29(38)46-30(2,3)4)45-28-23(37)26(31(5,39)16-42-28)35(6)47(40,41)19-10-8-7-9-11-19/h7-12,17,20-28,36-37,39H,13-16,32-33H2,1-6H3,(H,34,38)/t17-,20+,21+,22-,23+,24+,25-,26+,27+,28+,31-/m0/s1. The Kier molecular flexibility index (Phi) is 11.6. The molecule has 1 saturated heterocycles. The highest BCUT2D eigenvalue weighted by molar-refractivity contribution is 7.89. The number of sulfonamides is 1. The van der Waals surface area contributed by atoms with Crippen molar-refractivity contribution in [1.82, 2.24) is 9.62 Å². The first-order chi connectivity index (χ1) is 21.9. The predicted octanol–water partition coefficient (Wildman–Crippen LogP) is 0.125. The van der Waals surface area contributed by atoms with E-state index in [1.165, 1.54) is 26.1 Å². The van der Waals surface area contributed by atoms with Gasteiger partial charge in [0.1, 0.15) is 35.3 Å². The molecule has 0 spiro atoms. The maximum atomic E-state index is 13.4. The van der Waals surface area contributed by atoms with Gasteiger partial charge >= 0.3 is 6.09 Å². The van der Waals surface area contributed by atoms with Crippen LogP contribution in [0.4, 0.5) is 4.79 Å². The van der Waals surface area contributed by atoms with Gasteiger partial charge < -0.3 is 55.8 Å². The van der Waals surface area contributed by atoms with Gasteiger partial charge in [0.25, 0.3) is 0 Å². The first-order valence-corrected chi connectivity index (χ1v) is 17.1. The molecule has 2 heterocycles. The van der Waals surface area contributed by atoms with E-state index in [0.29, 0.717) is 18.6 Å². The van der Waals surface area contributed by atoms with Crippen LogP contribution in [0.3, 0.4) is 0 Å². The smallest absolute Gasteiger partial charge is 0.408 e. The van der Waals surface area contributed by atoms with Gasteiger partial charge in [-0.15, -0.1) is 0 Å². The van der Waals surface area contributed by atoms with Crippen molar-refractivity contribution in [1.29, 1.82) is 0 Å². The summed E-state index contributed by atoms with van der Waals surface area (Å²) in [4.78, 5) is 12.6. The summed E-state index contributed by atoms with van der Waals surface area (Å²) in [5.41, 5.74) is 9.72. The van der Waals surface area contributed by atoms with Gasteiger partial charge in [-0.05, 0) is 64.7 Å². The Labute approximate surface area is 276 Å². The monoisotopic (exact) mass is 686 g/mol. The molecule has 266 valence electrons. The number of aliphatic hydroxyl groups excluding tert-OH is 2. The quantitative estimate of drug-likeness (QED) is 0.203. The minimum Gasteiger partial charge on any atom is -0.466 e. The molecule has 1 aromatic rings. The van der Waals surface area contributed by atoms with Gasteiger partial charge in [-0.3, -0.25) is 0 Å². The molecule has 1 aliphatic carbocycles. The minimum absolute atomic E-state index is 0.0230. The fourth-order valence-corrected chi connectivity index (χ4v) is 7.74. The van der Waals surface area contributed by atoms with E-state index in [4.69, 9.17) is 35.2 Å². The molecule has 16 heteroatoms. The molecular formula is C31H50N4O11S. The topological polar surface area (TPSA) is 225 Å². The van der Waals surface area contributed by atoms with Crippen LogP contribution in [0.25, 0.3) is 0 Å². The summed E-state index contributed by atoms with van der Waals surface area (Å²) in [7, 11) is -2.88. The molecule has 0 radical (unpaired) electrons. The number of amides is 1. The van der Waals surface area contributed by atoms with Crippen molar-refractivity contribution in [3.05, 3.63) is 42.2 Å². The summed E-state index contributed by atoms with van der Waals surface area (Å²) < 4.78 is 57.2. The Hall–Kier alpha value is -2.38. The summed E-state index contributed by atoms with van der Waals surface area (Å²) in [6, 6.07) is 4.84. The van der Waals surface area contributed by atoms with Crippen molar-refractivity contribution in [2.75, 3.05) is 20.2 Å². The number of nitrogens with zero attached hydrogens (tertiary/aromatic N) is 1. The highest BCUT2D eigenvalue weighted by atomic mass is 32.2. The second kappa shape index (κ2) is 14.6. The number of ether oxygens (including phenoxy) is 5. The summed E-state index contributed by atoms with van der Waals surface area (Å²) in [6.45, 7) is 8.13. The Morgan fingerprint density at radius 2 is 1.77 bits per heavy atom. The van der Waals surface area contributed by atoms with Crippen LogP contribution in [-0.4, -0.2) is 121 Å². The largest absolute Gasteiger partial charge is 0.466 e. The van der Waals surface area contributed by atoms with Crippen molar-refractivity contribution in [2.24, 2.45) is 17.4 Å². The van der Waals surface area contributed by atoms with Crippen LogP contribution in [0.15, 0.2) is 47.1 Å². The second-order valence-corrected chi connectivity index (χ2v) is 15.7. The molecule has 2 aliphatic heterocycles. The van der Waals surface area contributed by atoms with Crippen molar-refractivity contribution >= 4 is 16.1 Å². The fourth-order valence-electron chi connectivity index (χ4n) is 6.26. The van der Waals surface area contributed by atoms with Crippen molar-refractivity contribution in [3.8, 4) is 0 Å². The van der Waals surface area contributed by atoms with E-state index < -0.39 is 82.4 Å². The molecule has 8 N–H and O–H groups in total. The van der Waals surface area contributed by atoms with Crippen LogP contribution in [0.2, 0.25) is 0 Å². The lowest BCUT2D eigenvalue weighted by Gasteiger charge is -2.49. The van der Waals surface area contributed by atoms with Gasteiger partial charge in [-0.2, -0.15) is 4.31 Å². The van der Waals surface area contributed by atoms with Crippen molar-refractivity contribution in [2.45, 2.75) is 119 Å². The molecule has 1 saturated carbocycles. The molecule has 47 heavy (non-hydrogen) atoms. The maximum absolute atomic E-state index is 13.4. The van der Waals surface area contributed by atoms with Crippen LogP contribution in [-0.2, 0) is 33.7 Å². The zero-order chi connectivity index (χ0) is 34.9. The van der Waals surface area contributed by atoms with Gasteiger partial charge in [-0.1, -0.05) is 25.1 Å². The molecule has 11 atom stereocenters. The molecule has 1 aromatic carbocycles. The van der Waals surface area contributed by atoms with Gasteiger partial charge in [0, 0.05) is 13.1 Å². The summed E-state index contributed by atoms with van der Waals surface area (Å²) in [5.74, 6) is 0.150. The first kappa shape index (κ1) is 37.4. The number of benzene rings is 1. The number of carbonyl (C=O) groups is 1. The Morgan fingerprint density at radius 3 is 2.38 bits per heavy atom. The summed E-state index contributed by atoms with van der Waals surface area (Å²) >= 11 is 0. The number of nitrogens with one attached hydrogen (secondary N) is 1. The van der Waals surface area contributed by atoms with E-state index >= 15 is 0 Å². The van der Waals surface area contributed by atoms with E-state index in [9.17, 15) is 28.5 Å². The number of carbonyl (C=O) groups excluding carboxylic acids is 1. The van der Waals surface area contributed by atoms with Gasteiger partial charge in [0.15, 0.2) is 6.29 Å². The normalized spacial score (nSPS) is 36.7. The molecule has 1 amide bonds. The molecule has 2 fully saturated rings. The average Bonchev–Trinajstić information content (AvgIpc) is 2.98. The van der Waals surface area contributed by atoms with E-state index in [0.717, 1.165) is 4.31 Å². The summed E-state index contributed by atoms with van der Waals surface area (Å²) in [5, 5.41) is 36.9. The number of rotatable bonds is 9. The lowest BCUT2D eigenvalue weighted by molar-refractivity contribution is -0.310. The zero-order valence-corrected chi connectivity index (χ0v) is 28.5.